The van der Waals surface area contributed by atoms with E-state index < -0.39 is 6.04 Å². The van der Waals surface area contributed by atoms with Gasteiger partial charge in [-0.2, -0.15) is 0 Å². The molecule has 0 aliphatic heterocycles. The maximum absolute atomic E-state index is 9.04. The van der Waals surface area contributed by atoms with Crippen molar-refractivity contribution < 1.29 is 9.84 Å². The summed E-state index contributed by atoms with van der Waals surface area (Å²) in [6.45, 7) is 0.308. The zero-order valence-electron chi connectivity index (χ0n) is 8.50. The Morgan fingerprint density at radius 3 is 3.00 bits per heavy atom. The van der Waals surface area contributed by atoms with Crippen LogP contribution in [0.5, 0.6) is 0 Å². The van der Waals surface area contributed by atoms with Crippen LogP contribution in [0.15, 0.2) is 29.4 Å². The molecule has 1 atom stereocenters. The highest BCUT2D eigenvalue weighted by Crippen LogP contribution is 2.18. The molecular formula is C10H13N3O2. The Morgan fingerprint density at radius 2 is 2.40 bits per heavy atom. The van der Waals surface area contributed by atoms with E-state index in [2.05, 4.69) is 10.0 Å². The molecule has 5 nitrogen and oxygen atoms in total. The lowest BCUT2D eigenvalue weighted by Crippen LogP contribution is -2.01. The first kappa shape index (κ1) is 11.5. The average molecular weight is 207 g/mol. The van der Waals surface area contributed by atoms with Gasteiger partial charge in [0.2, 0.25) is 0 Å². The predicted octanol–water partition coefficient (Wildman–Crippen LogP) is 2.18. The van der Waals surface area contributed by atoms with Gasteiger partial charge in [-0.25, -0.2) is 0 Å². The summed E-state index contributed by atoms with van der Waals surface area (Å²) in [5.41, 5.74) is 10.1. The zero-order chi connectivity index (χ0) is 11.1. The van der Waals surface area contributed by atoms with Crippen molar-refractivity contribution in [3.05, 3.63) is 45.8 Å². The number of methoxy groups -OCH3 is 1. The molecule has 0 saturated carbocycles. The van der Waals surface area contributed by atoms with Gasteiger partial charge in [0.25, 0.3) is 0 Å². The molecule has 15 heavy (non-hydrogen) atoms. The SMILES string of the molecule is COCc1cccc(C(CO)N=[N+]=[N-])c1. The van der Waals surface area contributed by atoms with Crippen LogP contribution in [0.3, 0.4) is 0 Å². The molecule has 0 bridgehead atoms. The summed E-state index contributed by atoms with van der Waals surface area (Å²) >= 11 is 0. The molecule has 1 N–H and O–H groups in total. The molecule has 0 amide bonds. The zero-order valence-corrected chi connectivity index (χ0v) is 8.50. The van der Waals surface area contributed by atoms with Crippen molar-refractivity contribution in [3.8, 4) is 0 Å². The molecule has 0 heterocycles. The van der Waals surface area contributed by atoms with Crippen LogP contribution in [-0.2, 0) is 11.3 Å². The normalized spacial score (nSPS) is 11.9. The molecule has 1 aromatic carbocycles. The van der Waals surface area contributed by atoms with E-state index >= 15 is 0 Å². The van der Waals surface area contributed by atoms with Crippen molar-refractivity contribution in [2.75, 3.05) is 13.7 Å². The van der Waals surface area contributed by atoms with Gasteiger partial charge in [-0.1, -0.05) is 29.4 Å². The molecule has 0 aromatic heterocycles. The number of ether oxygens (including phenoxy) is 1. The van der Waals surface area contributed by atoms with Gasteiger partial charge < -0.3 is 9.84 Å². The van der Waals surface area contributed by atoms with Gasteiger partial charge in [-0.15, -0.1) is 0 Å². The van der Waals surface area contributed by atoms with Gasteiger partial charge in [0.1, 0.15) is 0 Å². The van der Waals surface area contributed by atoms with E-state index in [4.69, 9.17) is 15.4 Å². The van der Waals surface area contributed by atoms with Crippen molar-refractivity contribution in [2.45, 2.75) is 12.6 Å². The van der Waals surface area contributed by atoms with E-state index in [1.165, 1.54) is 0 Å². The molecule has 0 radical (unpaired) electrons. The minimum atomic E-state index is -0.521. The van der Waals surface area contributed by atoms with E-state index in [-0.39, 0.29) is 6.61 Å². The number of nitrogens with zero attached hydrogens (tertiary/aromatic N) is 3. The number of hydrogen-bond donors (Lipinski definition) is 1. The first-order valence-corrected chi connectivity index (χ1v) is 4.54. The van der Waals surface area contributed by atoms with Crippen molar-refractivity contribution in [3.63, 3.8) is 0 Å². The molecule has 0 aliphatic carbocycles. The summed E-state index contributed by atoms with van der Waals surface area (Å²) in [5.74, 6) is 0. The predicted molar refractivity (Wildman–Crippen MR) is 56.1 cm³/mol. The van der Waals surface area contributed by atoms with E-state index in [1.54, 1.807) is 7.11 Å². The molecule has 1 rings (SSSR count). The Balaban J connectivity index is 2.91. The maximum Gasteiger partial charge on any atom is 0.0856 e. The van der Waals surface area contributed by atoms with Gasteiger partial charge >= 0.3 is 0 Å². The topological polar surface area (TPSA) is 78.2 Å². The second kappa shape index (κ2) is 6.03. The molecule has 0 saturated heterocycles. The number of hydrogen-bond acceptors (Lipinski definition) is 3. The summed E-state index contributed by atoms with van der Waals surface area (Å²) in [7, 11) is 1.61. The first-order valence-electron chi connectivity index (χ1n) is 4.54. The highest BCUT2D eigenvalue weighted by Gasteiger charge is 2.07. The lowest BCUT2D eigenvalue weighted by Gasteiger charge is -2.09. The molecule has 80 valence electrons. The minimum absolute atomic E-state index is 0.194. The van der Waals surface area contributed by atoms with Crippen LogP contribution in [0.1, 0.15) is 17.2 Å². The van der Waals surface area contributed by atoms with Gasteiger partial charge in [0, 0.05) is 12.0 Å². The van der Waals surface area contributed by atoms with Crippen LogP contribution >= 0.6 is 0 Å². The summed E-state index contributed by atoms with van der Waals surface area (Å²) in [4.78, 5) is 2.69. The molecule has 5 heteroatoms. The summed E-state index contributed by atoms with van der Waals surface area (Å²) in [6, 6.07) is 6.91. The fourth-order valence-electron chi connectivity index (χ4n) is 1.33. The highest BCUT2D eigenvalue weighted by atomic mass is 16.5. The quantitative estimate of drug-likeness (QED) is 0.456. The largest absolute Gasteiger partial charge is 0.396 e. The third-order valence-electron chi connectivity index (χ3n) is 2.01. The van der Waals surface area contributed by atoms with E-state index in [1.807, 2.05) is 24.3 Å². The van der Waals surface area contributed by atoms with Gasteiger partial charge in [0.05, 0.1) is 19.3 Å². The number of rotatable bonds is 5. The smallest absolute Gasteiger partial charge is 0.0856 e. The second-order valence-electron chi connectivity index (χ2n) is 3.08. The molecule has 0 spiro atoms. The van der Waals surface area contributed by atoms with Crippen molar-refractivity contribution >= 4 is 0 Å². The Labute approximate surface area is 87.9 Å². The average Bonchev–Trinajstić information content (AvgIpc) is 2.27. The van der Waals surface area contributed by atoms with E-state index in [0.29, 0.717) is 6.61 Å². The summed E-state index contributed by atoms with van der Waals surface area (Å²) in [5, 5.41) is 12.5. The van der Waals surface area contributed by atoms with Gasteiger partial charge in [0.15, 0.2) is 0 Å². The van der Waals surface area contributed by atoms with Crippen LogP contribution in [0, 0.1) is 0 Å². The molecule has 1 aromatic rings. The van der Waals surface area contributed by atoms with E-state index in [9.17, 15) is 0 Å². The maximum atomic E-state index is 9.04. The van der Waals surface area contributed by atoms with Crippen LogP contribution in [-0.4, -0.2) is 18.8 Å². The number of aliphatic hydroxyl groups is 1. The van der Waals surface area contributed by atoms with Crippen molar-refractivity contribution in [2.24, 2.45) is 5.11 Å². The van der Waals surface area contributed by atoms with Crippen molar-refractivity contribution in [1.82, 2.24) is 0 Å². The Morgan fingerprint density at radius 1 is 1.60 bits per heavy atom. The number of aliphatic hydroxyl groups excluding tert-OH is 1. The van der Waals surface area contributed by atoms with Crippen LogP contribution in [0.25, 0.3) is 10.4 Å². The van der Waals surface area contributed by atoms with Gasteiger partial charge in [-0.3, -0.25) is 0 Å². The Hall–Kier alpha value is -1.55. The first-order chi connectivity index (χ1) is 7.31. The molecular weight excluding hydrogens is 194 g/mol. The molecule has 1 unspecified atom stereocenters. The third-order valence-corrected chi connectivity index (χ3v) is 2.01. The second-order valence-corrected chi connectivity index (χ2v) is 3.08. The minimum Gasteiger partial charge on any atom is -0.396 e. The number of azide groups is 1. The lowest BCUT2D eigenvalue weighted by atomic mass is 10.1. The van der Waals surface area contributed by atoms with Crippen LogP contribution in [0.4, 0.5) is 0 Å². The summed E-state index contributed by atoms with van der Waals surface area (Å²) in [6.07, 6.45) is 0. The summed E-state index contributed by atoms with van der Waals surface area (Å²) < 4.78 is 4.99. The highest BCUT2D eigenvalue weighted by molar-refractivity contribution is 5.25. The fraction of sp³-hybridized carbons (Fsp3) is 0.400. The monoisotopic (exact) mass is 207 g/mol. The number of benzene rings is 1. The Kier molecular flexibility index (Phi) is 4.63. The van der Waals surface area contributed by atoms with E-state index in [0.717, 1.165) is 11.1 Å². The molecule has 0 fully saturated rings. The van der Waals surface area contributed by atoms with Crippen LogP contribution in [0.2, 0.25) is 0 Å². The van der Waals surface area contributed by atoms with Crippen LogP contribution < -0.4 is 0 Å². The van der Waals surface area contributed by atoms with Gasteiger partial charge in [-0.05, 0) is 16.7 Å². The standard InChI is InChI=1S/C10H13N3O2/c1-15-7-8-3-2-4-9(5-8)10(6-14)12-13-11/h2-5,10,14H,6-7H2,1H3. The molecule has 0 aliphatic rings. The lowest BCUT2D eigenvalue weighted by molar-refractivity contribution is 0.184. The Bertz CT molecular complexity index is 361. The fourth-order valence-corrected chi connectivity index (χ4v) is 1.33. The third kappa shape index (κ3) is 3.25. The van der Waals surface area contributed by atoms with Crippen molar-refractivity contribution in [1.29, 1.82) is 0 Å².